The minimum atomic E-state index is -0.473. The standard InChI is InChI=1S/C27H35N4O4.BrH/c1-27(2,3)24(32)18-30-13-14-31(28-17-19-9-11-21(12-10-19)29(4)5)26(30)20-15-22(33-6)25(35-8)23(16-20)34-7;/h9-17H,18H2,1-8H3;1H/q+1;/p-1/b28-17+;. The Morgan fingerprint density at radius 1 is 1.03 bits per heavy atom. The molecule has 0 aliphatic rings. The minimum absolute atomic E-state index is 0. The van der Waals surface area contributed by atoms with Crippen molar-refractivity contribution >= 4 is 17.7 Å². The van der Waals surface area contributed by atoms with E-state index in [1.807, 2.05) is 93.1 Å². The fourth-order valence-corrected chi connectivity index (χ4v) is 3.52. The Morgan fingerprint density at radius 2 is 1.61 bits per heavy atom. The molecular formula is C27H35BrN4O4. The first-order valence-corrected chi connectivity index (χ1v) is 11.3. The molecule has 194 valence electrons. The zero-order chi connectivity index (χ0) is 25.8. The zero-order valence-corrected chi connectivity index (χ0v) is 23.8. The molecule has 1 heterocycles. The number of benzene rings is 2. The second kappa shape index (κ2) is 12.1. The van der Waals surface area contributed by atoms with Gasteiger partial charge in [0.2, 0.25) is 5.75 Å². The van der Waals surface area contributed by atoms with Crippen molar-refractivity contribution < 1.29 is 40.6 Å². The van der Waals surface area contributed by atoms with E-state index in [0.717, 1.165) is 16.8 Å². The van der Waals surface area contributed by atoms with Crippen molar-refractivity contribution in [2.24, 2.45) is 10.5 Å². The fraction of sp³-hybridized carbons (Fsp3) is 0.370. The summed E-state index contributed by atoms with van der Waals surface area (Å²) >= 11 is 0. The smallest absolute Gasteiger partial charge is 0.315 e. The Kier molecular flexibility index (Phi) is 9.69. The van der Waals surface area contributed by atoms with E-state index in [9.17, 15) is 4.79 Å². The fourth-order valence-electron chi connectivity index (χ4n) is 3.52. The van der Waals surface area contributed by atoms with Gasteiger partial charge in [-0.1, -0.05) is 38.0 Å². The SMILES string of the molecule is COc1cc(-c2n(/N=C/c3ccc(N(C)C)cc3)cc[n+]2CC(=O)C(C)(C)C)cc(OC)c1OC.[Br-]. The number of methoxy groups -OCH3 is 3. The predicted molar refractivity (Wildman–Crippen MR) is 138 cm³/mol. The van der Waals surface area contributed by atoms with Crippen molar-refractivity contribution in [2.75, 3.05) is 40.3 Å². The van der Waals surface area contributed by atoms with Crippen LogP contribution in [0.5, 0.6) is 17.2 Å². The van der Waals surface area contributed by atoms with Gasteiger partial charge in [-0.15, -0.1) is 4.68 Å². The van der Waals surface area contributed by atoms with E-state index in [1.54, 1.807) is 32.2 Å². The molecule has 0 N–H and O–H groups in total. The van der Waals surface area contributed by atoms with Gasteiger partial charge in [0.15, 0.2) is 23.5 Å². The van der Waals surface area contributed by atoms with E-state index in [-0.39, 0.29) is 29.3 Å². The molecule has 9 heteroatoms. The Hall–Kier alpha value is -3.33. The molecule has 0 aliphatic carbocycles. The molecule has 0 spiro atoms. The van der Waals surface area contributed by atoms with Gasteiger partial charge in [0.25, 0.3) is 0 Å². The van der Waals surface area contributed by atoms with Gasteiger partial charge in [-0.3, -0.25) is 4.79 Å². The topological polar surface area (TPSA) is 69.2 Å². The van der Waals surface area contributed by atoms with Crippen LogP contribution in [0.3, 0.4) is 0 Å². The Bertz CT molecular complexity index is 1190. The van der Waals surface area contributed by atoms with Crippen LogP contribution in [0.2, 0.25) is 0 Å². The third-order valence-electron chi connectivity index (χ3n) is 5.69. The lowest BCUT2D eigenvalue weighted by molar-refractivity contribution is -0.673. The lowest BCUT2D eigenvalue weighted by Crippen LogP contribution is -3.00. The number of imidazole rings is 1. The number of ether oxygens (including phenoxy) is 3. The number of anilines is 1. The van der Waals surface area contributed by atoms with Crippen LogP contribution in [-0.2, 0) is 11.3 Å². The number of Topliss-reactive ketones (excluding diaryl/α,β-unsaturated/α-hetero) is 1. The maximum absolute atomic E-state index is 12.9. The van der Waals surface area contributed by atoms with Crippen LogP contribution < -0.4 is 40.7 Å². The molecule has 36 heavy (non-hydrogen) atoms. The second-order valence-corrected chi connectivity index (χ2v) is 9.41. The van der Waals surface area contributed by atoms with Crippen LogP contribution in [0.4, 0.5) is 5.69 Å². The van der Waals surface area contributed by atoms with Gasteiger partial charge < -0.3 is 36.1 Å². The molecule has 0 saturated carbocycles. The number of hydrogen-bond acceptors (Lipinski definition) is 6. The number of rotatable bonds is 9. The van der Waals surface area contributed by atoms with Crippen molar-refractivity contribution in [1.82, 2.24) is 4.68 Å². The van der Waals surface area contributed by atoms with Crippen LogP contribution >= 0.6 is 0 Å². The van der Waals surface area contributed by atoms with E-state index in [2.05, 4.69) is 0 Å². The Balaban J connectivity index is 0.00000456. The molecule has 0 amide bonds. The average molecular weight is 560 g/mol. The molecule has 0 aliphatic heterocycles. The number of hydrogen-bond donors (Lipinski definition) is 0. The molecule has 1 aromatic heterocycles. The predicted octanol–water partition coefficient (Wildman–Crippen LogP) is 1.04. The lowest BCUT2D eigenvalue weighted by Gasteiger charge is -2.16. The highest BCUT2D eigenvalue weighted by atomic mass is 79.9. The molecule has 0 bridgehead atoms. The largest absolute Gasteiger partial charge is 1.00 e. The van der Waals surface area contributed by atoms with E-state index < -0.39 is 5.41 Å². The summed E-state index contributed by atoms with van der Waals surface area (Å²) in [4.78, 5) is 14.9. The molecule has 3 rings (SSSR count). The molecule has 0 saturated heterocycles. The van der Waals surface area contributed by atoms with Crippen LogP contribution in [0.25, 0.3) is 11.4 Å². The monoisotopic (exact) mass is 558 g/mol. The van der Waals surface area contributed by atoms with Gasteiger partial charge >= 0.3 is 5.82 Å². The Labute approximate surface area is 223 Å². The molecule has 8 nitrogen and oxygen atoms in total. The average Bonchev–Trinajstić information content (AvgIpc) is 3.23. The summed E-state index contributed by atoms with van der Waals surface area (Å²) < 4.78 is 20.2. The molecule has 0 atom stereocenters. The molecule has 2 aromatic carbocycles. The quantitative estimate of drug-likeness (QED) is 0.290. The maximum Gasteiger partial charge on any atom is 0.315 e. The van der Waals surface area contributed by atoms with Gasteiger partial charge in [-0.25, -0.2) is 4.57 Å². The highest BCUT2D eigenvalue weighted by Crippen LogP contribution is 2.40. The zero-order valence-electron chi connectivity index (χ0n) is 22.2. The molecule has 3 aromatic rings. The molecule has 0 unspecified atom stereocenters. The van der Waals surface area contributed by atoms with Gasteiger partial charge in [-0.2, -0.15) is 0 Å². The highest BCUT2D eigenvalue weighted by Gasteiger charge is 2.29. The number of nitrogens with zero attached hydrogens (tertiary/aromatic N) is 4. The summed E-state index contributed by atoms with van der Waals surface area (Å²) in [5.74, 6) is 2.36. The summed E-state index contributed by atoms with van der Waals surface area (Å²) in [5.41, 5.74) is 2.36. The van der Waals surface area contributed by atoms with Gasteiger partial charge in [0.05, 0.1) is 33.1 Å². The normalized spacial score (nSPS) is 11.2. The van der Waals surface area contributed by atoms with E-state index in [4.69, 9.17) is 19.3 Å². The first kappa shape index (κ1) is 28.9. The molecule has 0 fully saturated rings. The van der Waals surface area contributed by atoms with E-state index in [0.29, 0.717) is 23.1 Å². The first-order valence-electron chi connectivity index (χ1n) is 11.3. The number of carbonyl (C=O) groups is 1. The number of ketones is 1. The second-order valence-electron chi connectivity index (χ2n) is 9.41. The summed E-state index contributed by atoms with van der Waals surface area (Å²) in [5, 5.41) is 4.70. The van der Waals surface area contributed by atoms with E-state index >= 15 is 0 Å². The number of carbonyl (C=O) groups excluding carboxylic acids is 1. The van der Waals surface area contributed by atoms with Crippen LogP contribution in [0, 0.1) is 5.41 Å². The Morgan fingerprint density at radius 3 is 2.08 bits per heavy atom. The van der Waals surface area contributed by atoms with Crippen molar-refractivity contribution in [3.8, 4) is 28.6 Å². The van der Waals surface area contributed by atoms with Crippen molar-refractivity contribution in [3.63, 3.8) is 0 Å². The van der Waals surface area contributed by atoms with Crippen LogP contribution in [0.1, 0.15) is 26.3 Å². The summed E-state index contributed by atoms with van der Waals surface area (Å²) in [6.07, 6.45) is 5.48. The highest BCUT2D eigenvalue weighted by molar-refractivity contribution is 5.82. The first-order chi connectivity index (χ1) is 16.6. The van der Waals surface area contributed by atoms with Gasteiger partial charge in [0.1, 0.15) is 12.7 Å². The van der Waals surface area contributed by atoms with E-state index in [1.165, 1.54) is 0 Å². The molecule has 0 radical (unpaired) electrons. The summed E-state index contributed by atoms with van der Waals surface area (Å²) in [6.45, 7) is 5.96. The number of aromatic nitrogens is 2. The minimum Gasteiger partial charge on any atom is -1.00 e. The van der Waals surface area contributed by atoms with Crippen molar-refractivity contribution in [3.05, 3.63) is 54.4 Å². The van der Waals surface area contributed by atoms with Crippen molar-refractivity contribution in [2.45, 2.75) is 27.3 Å². The third kappa shape index (κ3) is 6.46. The summed E-state index contributed by atoms with van der Waals surface area (Å²) in [6, 6.07) is 11.8. The molecular weight excluding hydrogens is 524 g/mol. The van der Waals surface area contributed by atoms with Crippen molar-refractivity contribution in [1.29, 1.82) is 0 Å². The number of halogens is 1. The summed E-state index contributed by atoms with van der Waals surface area (Å²) in [7, 11) is 8.73. The maximum atomic E-state index is 12.9. The van der Waals surface area contributed by atoms with Crippen LogP contribution in [-0.4, -0.2) is 52.1 Å². The van der Waals surface area contributed by atoms with Gasteiger partial charge in [-0.05, 0) is 29.8 Å². The third-order valence-corrected chi connectivity index (χ3v) is 5.69. The lowest BCUT2D eigenvalue weighted by atomic mass is 9.91. The van der Waals surface area contributed by atoms with Gasteiger partial charge in [0, 0.05) is 25.2 Å². The van der Waals surface area contributed by atoms with Crippen LogP contribution in [0.15, 0.2) is 53.9 Å².